The molecule has 0 N–H and O–H groups in total. The van der Waals surface area contributed by atoms with Gasteiger partial charge in [-0.15, -0.1) is 0 Å². The molecule has 0 aliphatic carbocycles. The van der Waals surface area contributed by atoms with Gasteiger partial charge in [0.15, 0.2) is 11.5 Å². The Labute approximate surface area is 170 Å². The molecule has 0 unspecified atom stereocenters. The molecule has 0 spiro atoms. The first-order valence-electron chi connectivity index (χ1n) is 9.99. The highest BCUT2D eigenvalue weighted by Crippen LogP contribution is 2.36. The topological polar surface area (TPSA) is 62.3 Å². The fraction of sp³-hybridized carbons (Fsp3) is 0.364. The third-order valence-electron chi connectivity index (χ3n) is 5.19. The van der Waals surface area contributed by atoms with E-state index < -0.39 is 0 Å². The summed E-state index contributed by atoms with van der Waals surface area (Å²) >= 11 is 0. The second-order valence-corrected chi connectivity index (χ2v) is 7.13. The highest BCUT2D eigenvalue weighted by atomic mass is 16.7. The number of benzene rings is 2. The maximum absolute atomic E-state index is 13.0. The number of carbonyl (C=O) groups is 2. The van der Waals surface area contributed by atoms with E-state index in [2.05, 4.69) is 6.92 Å². The van der Waals surface area contributed by atoms with Gasteiger partial charge in [-0.2, -0.15) is 0 Å². The summed E-state index contributed by atoms with van der Waals surface area (Å²) in [5, 5.41) is 0. The zero-order valence-corrected chi connectivity index (χ0v) is 16.5. The van der Waals surface area contributed by atoms with Gasteiger partial charge in [-0.1, -0.05) is 31.5 Å². The van der Waals surface area contributed by atoms with Crippen molar-refractivity contribution < 1.29 is 19.1 Å². The van der Waals surface area contributed by atoms with Gasteiger partial charge in [0.1, 0.15) is 6.54 Å². The SMILES string of the molecule is CCCCN(C(=O)CN1CCN(c2ccc3c(c2)OCO3)C1=O)c1ccccc1. The van der Waals surface area contributed by atoms with E-state index in [1.54, 1.807) is 20.8 Å². The van der Waals surface area contributed by atoms with Gasteiger partial charge in [-0.05, 0) is 30.7 Å². The fourth-order valence-corrected chi connectivity index (χ4v) is 3.59. The molecular weight excluding hydrogens is 370 g/mol. The monoisotopic (exact) mass is 395 g/mol. The second-order valence-electron chi connectivity index (χ2n) is 7.13. The molecule has 2 aliphatic rings. The molecule has 1 saturated heterocycles. The average molecular weight is 395 g/mol. The smallest absolute Gasteiger partial charge is 0.325 e. The van der Waals surface area contributed by atoms with Crippen molar-refractivity contribution in [3.8, 4) is 11.5 Å². The number of rotatable bonds is 7. The fourth-order valence-electron chi connectivity index (χ4n) is 3.59. The number of hydrogen-bond donors (Lipinski definition) is 0. The van der Waals surface area contributed by atoms with Crippen LogP contribution in [0.4, 0.5) is 16.2 Å². The number of anilines is 2. The van der Waals surface area contributed by atoms with Crippen molar-refractivity contribution in [3.63, 3.8) is 0 Å². The molecule has 0 bridgehead atoms. The van der Waals surface area contributed by atoms with E-state index in [4.69, 9.17) is 9.47 Å². The van der Waals surface area contributed by atoms with Crippen molar-refractivity contribution in [1.82, 2.24) is 4.90 Å². The molecule has 7 nitrogen and oxygen atoms in total. The molecule has 7 heteroatoms. The summed E-state index contributed by atoms with van der Waals surface area (Å²) in [7, 11) is 0. The third kappa shape index (κ3) is 3.99. The van der Waals surface area contributed by atoms with E-state index in [0.717, 1.165) is 24.2 Å². The van der Waals surface area contributed by atoms with Crippen LogP contribution in [0.3, 0.4) is 0 Å². The molecule has 4 rings (SSSR count). The van der Waals surface area contributed by atoms with Crippen molar-refractivity contribution in [1.29, 1.82) is 0 Å². The summed E-state index contributed by atoms with van der Waals surface area (Å²) in [6.07, 6.45) is 1.91. The highest BCUT2D eigenvalue weighted by Gasteiger charge is 2.33. The number of nitrogens with zero attached hydrogens (tertiary/aromatic N) is 3. The van der Waals surface area contributed by atoms with Crippen LogP contribution in [-0.2, 0) is 4.79 Å². The summed E-state index contributed by atoms with van der Waals surface area (Å²) in [5.74, 6) is 1.26. The normalized spacial score (nSPS) is 15.1. The average Bonchev–Trinajstić information content (AvgIpc) is 3.35. The lowest BCUT2D eigenvalue weighted by Crippen LogP contribution is -2.42. The first-order valence-corrected chi connectivity index (χ1v) is 9.99. The number of unbranched alkanes of at least 4 members (excludes halogenated alkanes) is 1. The number of ether oxygens (including phenoxy) is 2. The zero-order chi connectivity index (χ0) is 20.2. The predicted molar refractivity (Wildman–Crippen MR) is 111 cm³/mol. The maximum atomic E-state index is 13.0. The number of amides is 3. The first kappa shape index (κ1) is 19.1. The molecule has 0 radical (unpaired) electrons. The van der Waals surface area contributed by atoms with Crippen LogP contribution < -0.4 is 19.3 Å². The molecule has 0 atom stereocenters. The number of urea groups is 1. The molecule has 1 fully saturated rings. The van der Waals surface area contributed by atoms with Crippen LogP contribution in [0.5, 0.6) is 11.5 Å². The Bertz CT molecular complexity index is 887. The Balaban J connectivity index is 1.45. The van der Waals surface area contributed by atoms with Gasteiger partial charge in [0.25, 0.3) is 0 Å². The second kappa shape index (κ2) is 8.43. The van der Waals surface area contributed by atoms with E-state index >= 15 is 0 Å². The lowest BCUT2D eigenvalue weighted by molar-refractivity contribution is -0.119. The number of carbonyl (C=O) groups excluding carboxylic acids is 2. The Kier molecular flexibility index (Phi) is 5.55. The molecular formula is C22H25N3O4. The van der Waals surface area contributed by atoms with Crippen LogP contribution in [0.2, 0.25) is 0 Å². The molecule has 2 aromatic rings. The Morgan fingerprint density at radius 3 is 2.66 bits per heavy atom. The summed E-state index contributed by atoms with van der Waals surface area (Å²) in [6.45, 7) is 4.05. The summed E-state index contributed by atoms with van der Waals surface area (Å²) in [4.78, 5) is 31.0. The number of para-hydroxylation sites is 1. The van der Waals surface area contributed by atoms with E-state index in [1.807, 2.05) is 42.5 Å². The lowest BCUT2D eigenvalue weighted by atomic mass is 10.2. The maximum Gasteiger partial charge on any atom is 0.325 e. The summed E-state index contributed by atoms with van der Waals surface area (Å²) in [6, 6.07) is 14.9. The third-order valence-corrected chi connectivity index (χ3v) is 5.19. The van der Waals surface area contributed by atoms with Crippen molar-refractivity contribution in [2.24, 2.45) is 0 Å². The quantitative estimate of drug-likeness (QED) is 0.720. The van der Waals surface area contributed by atoms with E-state index in [9.17, 15) is 9.59 Å². The Hall–Kier alpha value is -3.22. The van der Waals surface area contributed by atoms with Gasteiger partial charge in [0.05, 0.1) is 0 Å². The van der Waals surface area contributed by atoms with Crippen LogP contribution in [0.1, 0.15) is 19.8 Å². The highest BCUT2D eigenvalue weighted by molar-refractivity contribution is 6.00. The molecule has 3 amide bonds. The number of hydrogen-bond acceptors (Lipinski definition) is 4. The minimum absolute atomic E-state index is 0.0643. The van der Waals surface area contributed by atoms with Crippen molar-refractivity contribution in [3.05, 3.63) is 48.5 Å². The van der Waals surface area contributed by atoms with Crippen molar-refractivity contribution in [2.45, 2.75) is 19.8 Å². The van der Waals surface area contributed by atoms with Gasteiger partial charge in [0.2, 0.25) is 12.7 Å². The summed E-state index contributed by atoms with van der Waals surface area (Å²) < 4.78 is 10.7. The predicted octanol–water partition coefficient (Wildman–Crippen LogP) is 3.49. The van der Waals surface area contributed by atoms with E-state index in [-0.39, 0.29) is 25.3 Å². The zero-order valence-electron chi connectivity index (χ0n) is 16.5. The minimum atomic E-state index is -0.166. The van der Waals surface area contributed by atoms with Crippen LogP contribution >= 0.6 is 0 Å². The van der Waals surface area contributed by atoms with E-state index in [1.165, 1.54) is 0 Å². The molecule has 29 heavy (non-hydrogen) atoms. The van der Waals surface area contributed by atoms with Crippen LogP contribution in [0.25, 0.3) is 0 Å². The standard InChI is InChI=1S/C22H25N3O4/c1-2-3-11-24(17-7-5-4-6-8-17)21(26)15-23-12-13-25(22(23)27)18-9-10-19-20(14-18)29-16-28-19/h4-10,14H,2-3,11-13,15-16H2,1H3. The first-order chi connectivity index (χ1) is 14.2. The van der Waals surface area contributed by atoms with Gasteiger partial charge in [0, 0.05) is 37.1 Å². The Morgan fingerprint density at radius 1 is 1.07 bits per heavy atom. The molecule has 2 heterocycles. The van der Waals surface area contributed by atoms with Gasteiger partial charge < -0.3 is 19.3 Å². The lowest BCUT2D eigenvalue weighted by Gasteiger charge is -2.25. The van der Waals surface area contributed by atoms with Gasteiger partial charge in [-0.3, -0.25) is 9.69 Å². The largest absolute Gasteiger partial charge is 0.454 e. The molecule has 2 aliphatic heterocycles. The minimum Gasteiger partial charge on any atom is -0.454 e. The van der Waals surface area contributed by atoms with Gasteiger partial charge >= 0.3 is 6.03 Å². The van der Waals surface area contributed by atoms with Crippen LogP contribution in [0.15, 0.2) is 48.5 Å². The van der Waals surface area contributed by atoms with Gasteiger partial charge in [-0.25, -0.2) is 4.79 Å². The Morgan fingerprint density at radius 2 is 1.86 bits per heavy atom. The van der Waals surface area contributed by atoms with E-state index in [0.29, 0.717) is 31.1 Å². The van der Waals surface area contributed by atoms with Crippen molar-refractivity contribution >= 4 is 23.3 Å². The molecule has 0 aromatic heterocycles. The number of fused-ring (bicyclic) bond motifs is 1. The van der Waals surface area contributed by atoms with Crippen LogP contribution in [0, 0.1) is 0 Å². The van der Waals surface area contributed by atoms with Crippen LogP contribution in [-0.4, -0.2) is 49.8 Å². The van der Waals surface area contributed by atoms with Crippen molar-refractivity contribution in [2.75, 3.05) is 42.8 Å². The molecule has 2 aromatic carbocycles. The summed E-state index contributed by atoms with van der Waals surface area (Å²) in [5.41, 5.74) is 1.62. The molecule has 152 valence electrons. The molecule has 0 saturated carbocycles.